The third-order valence-electron chi connectivity index (χ3n) is 3.89. The summed E-state index contributed by atoms with van der Waals surface area (Å²) < 4.78 is 6.43. The van der Waals surface area contributed by atoms with Crippen LogP contribution in [0.15, 0.2) is 11.6 Å². The van der Waals surface area contributed by atoms with E-state index in [4.69, 9.17) is 4.43 Å². The maximum atomic E-state index is 6.43. The van der Waals surface area contributed by atoms with Crippen molar-refractivity contribution in [2.24, 2.45) is 0 Å². The van der Waals surface area contributed by atoms with E-state index < -0.39 is 8.32 Å². The van der Waals surface area contributed by atoms with Gasteiger partial charge in [0, 0.05) is 0 Å². The molecule has 0 aromatic rings. The van der Waals surface area contributed by atoms with Crippen LogP contribution in [0.25, 0.3) is 0 Å². The number of allylic oxidation sites excluding steroid dienone is 1. The van der Waals surface area contributed by atoms with Crippen molar-refractivity contribution < 1.29 is 4.43 Å². The minimum atomic E-state index is -1.57. The van der Waals surface area contributed by atoms with Crippen molar-refractivity contribution >= 4 is 8.32 Å². The van der Waals surface area contributed by atoms with Gasteiger partial charge in [0.1, 0.15) is 0 Å². The van der Waals surface area contributed by atoms with Crippen molar-refractivity contribution in [1.29, 1.82) is 0 Å². The predicted molar refractivity (Wildman–Crippen MR) is 69.7 cm³/mol. The van der Waals surface area contributed by atoms with Crippen LogP contribution in [-0.4, -0.2) is 14.4 Å². The van der Waals surface area contributed by atoms with E-state index in [0.29, 0.717) is 11.1 Å². The second-order valence-electron chi connectivity index (χ2n) is 6.25. The van der Waals surface area contributed by atoms with Gasteiger partial charge in [-0.3, -0.25) is 0 Å². The molecular formula is C13H26OSi. The lowest BCUT2D eigenvalue weighted by molar-refractivity contribution is 0.195. The monoisotopic (exact) mass is 226 g/mol. The number of rotatable bonds is 2. The first-order chi connectivity index (χ1) is 6.74. The Bertz CT molecular complexity index is 248. The zero-order chi connectivity index (χ0) is 11.7. The SMILES string of the molecule is CC1=CCCC[C@H]1O[Si](C)(C)C(C)(C)C. The van der Waals surface area contributed by atoms with Crippen molar-refractivity contribution in [2.45, 2.75) is 71.2 Å². The van der Waals surface area contributed by atoms with Gasteiger partial charge in [0.2, 0.25) is 0 Å². The van der Waals surface area contributed by atoms with Crippen LogP contribution < -0.4 is 0 Å². The Balaban J connectivity index is 2.69. The molecule has 0 saturated carbocycles. The lowest BCUT2D eigenvalue weighted by atomic mass is 9.98. The van der Waals surface area contributed by atoms with Gasteiger partial charge in [-0.1, -0.05) is 26.8 Å². The molecule has 1 rings (SSSR count). The molecule has 1 nitrogen and oxygen atoms in total. The highest BCUT2D eigenvalue weighted by atomic mass is 28.4. The highest BCUT2D eigenvalue weighted by Gasteiger charge is 2.39. The summed E-state index contributed by atoms with van der Waals surface area (Å²) in [6, 6.07) is 0. The lowest BCUT2D eigenvalue weighted by Gasteiger charge is -2.40. The Kier molecular flexibility index (Phi) is 3.83. The van der Waals surface area contributed by atoms with Crippen LogP contribution in [0, 0.1) is 0 Å². The summed E-state index contributed by atoms with van der Waals surface area (Å²) in [6.45, 7) is 13.8. The molecule has 0 aromatic heterocycles. The van der Waals surface area contributed by atoms with Gasteiger partial charge in [-0.2, -0.15) is 0 Å². The van der Waals surface area contributed by atoms with Crippen molar-refractivity contribution in [3.05, 3.63) is 11.6 Å². The summed E-state index contributed by atoms with van der Waals surface area (Å²) >= 11 is 0. The van der Waals surface area contributed by atoms with E-state index >= 15 is 0 Å². The van der Waals surface area contributed by atoms with E-state index in [1.165, 1.54) is 24.8 Å². The van der Waals surface area contributed by atoms with E-state index in [1.807, 2.05) is 0 Å². The Labute approximate surface area is 96.0 Å². The molecule has 1 aliphatic rings. The number of hydrogen-bond donors (Lipinski definition) is 0. The molecule has 0 aliphatic heterocycles. The van der Waals surface area contributed by atoms with Gasteiger partial charge in [-0.05, 0) is 49.9 Å². The van der Waals surface area contributed by atoms with Gasteiger partial charge in [-0.15, -0.1) is 0 Å². The molecule has 2 heteroatoms. The largest absolute Gasteiger partial charge is 0.410 e. The van der Waals surface area contributed by atoms with Crippen LogP contribution in [0.4, 0.5) is 0 Å². The van der Waals surface area contributed by atoms with Crippen molar-refractivity contribution in [3.63, 3.8) is 0 Å². The van der Waals surface area contributed by atoms with Crippen LogP contribution in [0.3, 0.4) is 0 Å². The standard InChI is InChI=1S/C13H26OSi/c1-11-9-7-8-10-12(11)14-15(5,6)13(2,3)4/h9,12H,7-8,10H2,1-6H3/t12-/m1/s1. The molecule has 0 amide bonds. The van der Waals surface area contributed by atoms with Crippen LogP contribution in [-0.2, 0) is 4.43 Å². The van der Waals surface area contributed by atoms with Crippen LogP contribution in [0.1, 0.15) is 47.0 Å². The molecule has 0 fully saturated rings. The van der Waals surface area contributed by atoms with E-state index in [9.17, 15) is 0 Å². The van der Waals surface area contributed by atoms with Crippen molar-refractivity contribution in [1.82, 2.24) is 0 Å². The van der Waals surface area contributed by atoms with Crippen LogP contribution >= 0.6 is 0 Å². The molecule has 0 spiro atoms. The number of hydrogen-bond acceptors (Lipinski definition) is 1. The minimum absolute atomic E-state index is 0.324. The Morgan fingerprint density at radius 2 is 1.93 bits per heavy atom. The van der Waals surface area contributed by atoms with E-state index in [-0.39, 0.29) is 0 Å². The van der Waals surface area contributed by atoms with E-state index in [1.54, 1.807) is 0 Å². The first-order valence-corrected chi connectivity index (χ1v) is 8.99. The third-order valence-corrected chi connectivity index (χ3v) is 8.37. The van der Waals surface area contributed by atoms with Gasteiger partial charge in [0.25, 0.3) is 0 Å². The lowest BCUT2D eigenvalue weighted by Crippen LogP contribution is -2.44. The summed E-state index contributed by atoms with van der Waals surface area (Å²) in [6.07, 6.45) is 6.50. The molecule has 1 atom stereocenters. The smallest absolute Gasteiger partial charge is 0.192 e. The average molecular weight is 226 g/mol. The van der Waals surface area contributed by atoms with Crippen molar-refractivity contribution in [2.75, 3.05) is 0 Å². The molecule has 0 bridgehead atoms. The second kappa shape index (κ2) is 4.42. The van der Waals surface area contributed by atoms with Gasteiger partial charge in [-0.25, -0.2) is 0 Å². The zero-order valence-corrected chi connectivity index (χ0v) is 12.2. The fourth-order valence-corrected chi connectivity index (χ4v) is 3.04. The highest BCUT2D eigenvalue weighted by Crippen LogP contribution is 2.39. The fraction of sp³-hybridized carbons (Fsp3) is 0.846. The molecule has 15 heavy (non-hydrogen) atoms. The van der Waals surface area contributed by atoms with Crippen molar-refractivity contribution in [3.8, 4) is 0 Å². The molecule has 0 saturated heterocycles. The second-order valence-corrected chi connectivity index (χ2v) is 11.0. The van der Waals surface area contributed by atoms with Gasteiger partial charge in [0.05, 0.1) is 6.10 Å². The van der Waals surface area contributed by atoms with Gasteiger partial charge >= 0.3 is 0 Å². The molecule has 0 heterocycles. The molecule has 1 aliphatic carbocycles. The molecule has 0 radical (unpaired) electrons. The van der Waals surface area contributed by atoms with E-state index in [0.717, 1.165) is 0 Å². The third kappa shape index (κ3) is 3.18. The van der Waals surface area contributed by atoms with E-state index in [2.05, 4.69) is 46.9 Å². The maximum absolute atomic E-state index is 6.43. The minimum Gasteiger partial charge on any atom is -0.410 e. The van der Waals surface area contributed by atoms with Crippen LogP contribution in [0.5, 0.6) is 0 Å². The highest BCUT2D eigenvalue weighted by molar-refractivity contribution is 6.74. The summed E-state index contributed by atoms with van der Waals surface area (Å²) in [7, 11) is -1.57. The summed E-state index contributed by atoms with van der Waals surface area (Å²) in [5, 5.41) is 0.324. The fourth-order valence-electron chi connectivity index (χ4n) is 1.68. The zero-order valence-electron chi connectivity index (χ0n) is 11.2. The summed E-state index contributed by atoms with van der Waals surface area (Å²) in [4.78, 5) is 0. The maximum Gasteiger partial charge on any atom is 0.192 e. The summed E-state index contributed by atoms with van der Waals surface area (Å²) in [5.74, 6) is 0. The average Bonchev–Trinajstić information content (AvgIpc) is 2.06. The molecule has 0 N–H and O–H groups in total. The quantitative estimate of drug-likeness (QED) is 0.497. The van der Waals surface area contributed by atoms with Gasteiger partial charge < -0.3 is 4.43 Å². The topological polar surface area (TPSA) is 9.23 Å². The van der Waals surface area contributed by atoms with Gasteiger partial charge in [0.15, 0.2) is 8.32 Å². The molecule has 0 aromatic carbocycles. The normalized spacial score (nSPS) is 23.9. The van der Waals surface area contributed by atoms with Crippen LogP contribution in [0.2, 0.25) is 18.1 Å². The Hall–Kier alpha value is -0.0831. The molecule has 88 valence electrons. The predicted octanol–water partition coefficient (Wildman–Crippen LogP) is 4.51. The molecular weight excluding hydrogens is 200 g/mol. The Morgan fingerprint density at radius 3 is 2.40 bits per heavy atom. The summed E-state index contributed by atoms with van der Waals surface area (Å²) in [5.41, 5.74) is 1.45. The Morgan fingerprint density at radius 1 is 1.33 bits per heavy atom. The molecule has 0 unspecified atom stereocenters. The first-order valence-electron chi connectivity index (χ1n) is 6.08. The first kappa shape index (κ1) is 13.0.